The van der Waals surface area contributed by atoms with Gasteiger partial charge in [-0.3, -0.25) is 10.0 Å². The molecule has 140 valence electrons. The van der Waals surface area contributed by atoms with E-state index in [2.05, 4.69) is 5.73 Å². The summed E-state index contributed by atoms with van der Waals surface area (Å²) in [6, 6.07) is 4.06. The van der Waals surface area contributed by atoms with E-state index in [1.807, 2.05) is 13.8 Å². The minimum absolute atomic E-state index is 0.0854. The lowest BCUT2D eigenvalue weighted by atomic mass is 10.0. The number of hydrogen-bond donors (Lipinski definition) is 3. The van der Waals surface area contributed by atoms with Gasteiger partial charge in [0.05, 0.1) is 20.1 Å². The van der Waals surface area contributed by atoms with Crippen molar-refractivity contribution < 1.29 is 35.1 Å². The van der Waals surface area contributed by atoms with Gasteiger partial charge in [-0.15, -0.1) is 0 Å². The summed E-state index contributed by atoms with van der Waals surface area (Å²) in [6.45, 7) is 3.61. The first kappa shape index (κ1) is 20.7. The maximum absolute atomic E-state index is 12.0. The van der Waals surface area contributed by atoms with Crippen LogP contribution in [-0.2, 0) is 20.7 Å². The molecule has 2 atom stereocenters. The summed E-state index contributed by atoms with van der Waals surface area (Å²) in [5.41, 5.74) is 4.29. The molecule has 25 heavy (non-hydrogen) atoms. The van der Waals surface area contributed by atoms with Gasteiger partial charge in [0.25, 0.3) is 0 Å². The van der Waals surface area contributed by atoms with Crippen molar-refractivity contribution in [1.82, 2.24) is 5.06 Å². The van der Waals surface area contributed by atoms with Crippen LogP contribution in [0.25, 0.3) is 0 Å². The Hall–Kier alpha value is -2.32. The van der Waals surface area contributed by atoms with E-state index in [9.17, 15) is 19.9 Å². The molecule has 0 aliphatic heterocycles. The number of esters is 1. The Morgan fingerprint density at radius 1 is 1.36 bits per heavy atom. The molecule has 8 heteroatoms. The van der Waals surface area contributed by atoms with Crippen LogP contribution in [-0.4, -0.2) is 53.6 Å². The zero-order chi connectivity index (χ0) is 19.0. The van der Waals surface area contributed by atoms with E-state index in [1.54, 1.807) is 6.07 Å². The van der Waals surface area contributed by atoms with Crippen molar-refractivity contribution in [3.05, 3.63) is 23.8 Å². The smallest absolute Gasteiger partial charge is 0.365 e. The molecule has 5 N–H and O–H groups in total. The fourth-order valence-electron chi connectivity index (χ4n) is 2.09. The molecule has 1 rings (SSSR count). The summed E-state index contributed by atoms with van der Waals surface area (Å²) in [7, 11) is 1.42. The molecule has 1 unspecified atom stereocenters. The number of phenols is 1. The Kier molecular flexibility index (Phi) is 8.17. The van der Waals surface area contributed by atoms with Gasteiger partial charge in [0.15, 0.2) is 17.5 Å². The van der Waals surface area contributed by atoms with Crippen LogP contribution in [0.5, 0.6) is 11.5 Å². The van der Waals surface area contributed by atoms with E-state index < -0.39 is 17.9 Å². The predicted octanol–water partition coefficient (Wildman–Crippen LogP) is 0.361. The van der Waals surface area contributed by atoms with Crippen molar-refractivity contribution in [2.75, 3.05) is 20.3 Å². The minimum atomic E-state index is -0.575. The zero-order valence-corrected chi connectivity index (χ0v) is 14.9. The zero-order valence-electron chi connectivity index (χ0n) is 14.9. The van der Waals surface area contributed by atoms with E-state index in [0.29, 0.717) is 16.4 Å². The average Bonchev–Trinajstić information content (AvgIpc) is 2.60. The third kappa shape index (κ3) is 6.24. The summed E-state index contributed by atoms with van der Waals surface area (Å²) in [5.74, 6) is -0.711. The highest BCUT2D eigenvalue weighted by Crippen LogP contribution is 2.26. The number of hydroxylamine groups is 2. The summed E-state index contributed by atoms with van der Waals surface area (Å²) in [4.78, 5) is 23.7. The summed E-state index contributed by atoms with van der Waals surface area (Å²) >= 11 is 0. The van der Waals surface area contributed by atoms with Gasteiger partial charge in [0.2, 0.25) is 5.91 Å². The molecule has 0 saturated carbocycles. The molecule has 1 aromatic carbocycles. The molecule has 0 fully saturated rings. The van der Waals surface area contributed by atoms with Crippen molar-refractivity contribution >= 4 is 11.9 Å². The third-order valence-corrected chi connectivity index (χ3v) is 4.07. The lowest BCUT2D eigenvalue weighted by Crippen LogP contribution is -2.68. The van der Waals surface area contributed by atoms with Crippen molar-refractivity contribution in [1.29, 1.82) is 0 Å². The van der Waals surface area contributed by atoms with Crippen LogP contribution in [0.1, 0.15) is 25.8 Å². The van der Waals surface area contributed by atoms with Crippen molar-refractivity contribution in [2.24, 2.45) is 5.92 Å². The highest BCUT2D eigenvalue weighted by molar-refractivity contribution is 5.78. The van der Waals surface area contributed by atoms with Crippen LogP contribution in [0.15, 0.2) is 18.2 Å². The van der Waals surface area contributed by atoms with Gasteiger partial charge in [0.1, 0.15) is 6.61 Å². The second-order valence-electron chi connectivity index (χ2n) is 5.86. The number of methoxy groups -OCH3 is 1. The number of phenolic OH excluding ortho intramolecular Hbond substituents is 1. The van der Waals surface area contributed by atoms with E-state index in [4.69, 9.17) is 9.47 Å². The van der Waals surface area contributed by atoms with Crippen LogP contribution in [0.2, 0.25) is 0 Å². The standard InChI is InChI=1S/C17H26N2O6/c1-4-11(2)16(18)17(22)25-8-7-19(23)15(21)10-12-5-6-14(24-3)13(20)9-12/h5-6,9,11,16,20,23H,4,7-8,10,18H2,1-3H3/p+1/t11?,16-/m0/s1. The Labute approximate surface area is 147 Å². The number of hydrogen-bond acceptors (Lipinski definition) is 6. The van der Waals surface area contributed by atoms with Gasteiger partial charge in [-0.25, -0.2) is 9.86 Å². The lowest BCUT2D eigenvalue weighted by Gasteiger charge is -2.17. The van der Waals surface area contributed by atoms with Crippen molar-refractivity contribution in [3.8, 4) is 11.5 Å². The monoisotopic (exact) mass is 355 g/mol. The maximum atomic E-state index is 12.0. The number of benzene rings is 1. The Bertz CT molecular complexity index is 593. The number of rotatable bonds is 9. The van der Waals surface area contributed by atoms with Gasteiger partial charge in [0, 0.05) is 5.92 Å². The van der Waals surface area contributed by atoms with Crippen molar-refractivity contribution in [3.63, 3.8) is 0 Å². The van der Waals surface area contributed by atoms with Crippen LogP contribution < -0.4 is 10.5 Å². The molecule has 0 radical (unpaired) electrons. The number of carbonyl (C=O) groups is 2. The number of quaternary nitrogens is 1. The Morgan fingerprint density at radius 3 is 2.60 bits per heavy atom. The first-order valence-corrected chi connectivity index (χ1v) is 8.14. The van der Waals surface area contributed by atoms with E-state index >= 15 is 0 Å². The van der Waals surface area contributed by atoms with Gasteiger partial charge in [-0.2, -0.15) is 0 Å². The summed E-state index contributed by atoms with van der Waals surface area (Å²) < 4.78 is 9.96. The SMILES string of the molecule is CCC(C)[C@H]([NH3+])C(=O)OCCN(O)C(=O)Cc1ccc(OC)c(O)c1. The van der Waals surface area contributed by atoms with Gasteiger partial charge >= 0.3 is 5.97 Å². The molecule has 1 amide bonds. The normalized spacial score (nSPS) is 13.0. The maximum Gasteiger partial charge on any atom is 0.365 e. The second kappa shape index (κ2) is 9.85. The fraction of sp³-hybridized carbons (Fsp3) is 0.529. The largest absolute Gasteiger partial charge is 0.504 e. The second-order valence-corrected chi connectivity index (χ2v) is 5.86. The van der Waals surface area contributed by atoms with Crippen molar-refractivity contribution in [2.45, 2.75) is 32.7 Å². The van der Waals surface area contributed by atoms with Crippen LogP contribution >= 0.6 is 0 Å². The van der Waals surface area contributed by atoms with Crippen LogP contribution in [0.4, 0.5) is 0 Å². The third-order valence-electron chi connectivity index (χ3n) is 4.07. The highest BCUT2D eigenvalue weighted by atomic mass is 16.5. The van der Waals surface area contributed by atoms with Gasteiger partial charge in [-0.1, -0.05) is 19.9 Å². The molecule has 0 bridgehead atoms. The topological polar surface area (TPSA) is 124 Å². The average molecular weight is 355 g/mol. The molecular weight excluding hydrogens is 328 g/mol. The first-order chi connectivity index (χ1) is 11.8. The number of nitrogens with zero attached hydrogens (tertiary/aromatic N) is 1. The van der Waals surface area contributed by atoms with E-state index in [-0.39, 0.29) is 31.2 Å². The highest BCUT2D eigenvalue weighted by Gasteiger charge is 2.25. The first-order valence-electron chi connectivity index (χ1n) is 8.14. The number of carbonyl (C=O) groups excluding carboxylic acids is 2. The molecule has 0 saturated heterocycles. The van der Waals surface area contributed by atoms with E-state index in [1.165, 1.54) is 19.2 Å². The summed E-state index contributed by atoms with van der Waals surface area (Å²) in [6.07, 6.45) is 0.704. The quantitative estimate of drug-likeness (QED) is 0.334. The summed E-state index contributed by atoms with van der Waals surface area (Å²) in [5, 5.41) is 19.9. The van der Waals surface area contributed by atoms with Gasteiger partial charge < -0.3 is 20.3 Å². The molecular formula is C17H27N2O6+. The number of aromatic hydroxyl groups is 1. The van der Waals surface area contributed by atoms with E-state index in [0.717, 1.165) is 6.42 Å². The molecule has 0 aliphatic carbocycles. The predicted molar refractivity (Wildman–Crippen MR) is 89.0 cm³/mol. The van der Waals surface area contributed by atoms with Crippen LogP contribution in [0, 0.1) is 5.92 Å². The minimum Gasteiger partial charge on any atom is -0.504 e. The molecule has 1 aromatic rings. The fourth-order valence-corrected chi connectivity index (χ4v) is 2.09. The lowest BCUT2D eigenvalue weighted by molar-refractivity contribution is -0.420. The molecule has 8 nitrogen and oxygen atoms in total. The Balaban J connectivity index is 2.44. The number of ether oxygens (including phenoxy) is 2. The van der Waals surface area contributed by atoms with Crippen LogP contribution in [0.3, 0.4) is 0 Å². The van der Waals surface area contributed by atoms with Gasteiger partial charge in [-0.05, 0) is 24.1 Å². The molecule has 0 heterocycles. The molecule has 0 spiro atoms. The molecule has 0 aliphatic rings. The molecule has 0 aromatic heterocycles. The Morgan fingerprint density at radius 2 is 2.04 bits per heavy atom. The number of amides is 1.